The standard InChI is InChI=1S/C32H38F6N2O4/c1-28(2,3)44-27(43)40-16-19-20-8-9-23(29(20,4)13-11-21(19)30(5)12-10-18(41)15-25(30)40)26(42)39-24-14-17(31(33,34)35)6-7-22(24)32(36,37)38/h6-7,14-15,19-21,23H,8-13,16H2,1-5H3,(H,39,42)/t19?,20?,21?,23-,29+,30-/m1/s1. The number of benzene rings is 1. The number of hydrogen-bond acceptors (Lipinski definition) is 4. The van der Waals surface area contributed by atoms with Gasteiger partial charge in [0.1, 0.15) is 5.60 Å². The predicted octanol–water partition coefficient (Wildman–Crippen LogP) is 8.23. The average Bonchev–Trinajstić information content (AvgIpc) is 3.24. The van der Waals surface area contributed by atoms with Gasteiger partial charge in [0.2, 0.25) is 5.91 Å². The zero-order valence-electron chi connectivity index (χ0n) is 25.4. The SMILES string of the molecule is CC(C)(C)OC(=O)N1CC2C(CC[C@@]3(C)C2CC[C@@H]3C(=O)Nc2cc(C(F)(F)F)ccc2C(F)(F)F)[C@@]2(C)CCC(=O)C=C12. The van der Waals surface area contributed by atoms with Crippen LogP contribution in [0.15, 0.2) is 30.0 Å². The largest absolute Gasteiger partial charge is 0.443 e. The Bertz CT molecular complexity index is 1400. The molecule has 1 aromatic carbocycles. The van der Waals surface area contributed by atoms with Gasteiger partial charge in [0.15, 0.2) is 5.78 Å². The molecule has 0 spiro atoms. The molecule has 5 rings (SSSR count). The number of anilines is 1. The third kappa shape index (κ3) is 5.62. The molecule has 1 N–H and O–H groups in total. The topological polar surface area (TPSA) is 75.7 Å². The second kappa shape index (κ2) is 10.5. The van der Waals surface area contributed by atoms with Crippen molar-refractivity contribution in [1.29, 1.82) is 0 Å². The molecule has 1 saturated heterocycles. The molecule has 0 aromatic heterocycles. The van der Waals surface area contributed by atoms with Crippen molar-refractivity contribution in [2.75, 3.05) is 11.9 Å². The Morgan fingerprint density at radius 3 is 2.25 bits per heavy atom. The van der Waals surface area contributed by atoms with Crippen LogP contribution in [0.1, 0.15) is 84.3 Å². The Kier molecular flexibility index (Phi) is 7.72. The Morgan fingerprint density at radius 1 is 0.955 bits per heavy atom. The molecule has 6 nitrogen and oxygen atoms in total. The highest BCUT2D eigenvalue weighted by molar-refractivity contribution is 5.94. The van der Waals surface area contributed by atoms with Gasteiger partial charge in [-0.15, -0.1) is 0 Å². The first-order chi connectivity index (χ1) is 20.1. The first kappa shape index (κ1) is 32.3. The lowest BCUT2D eigenvalue weighted by Gasteiger charge is -2.60. The minimum Gasteiger partial charge on any atom is -0.443 e. The van der Waals surface area contributed by atoms with E-state index in [2.05, 4.69) is 12.2 Å². The maximum Gasteiger partial charge on any atom is 0.418 e. The smallest absolute Gasteiger partial charge is 0.418 e. The van der Waals surface area contributed by atoms with Crippen molar-refractivity contribution in [1.82, 2.24) is 4.90 Å². The Hall–Kier alpha value is -3.05. The van der Waals surface area contributed by atoms with E-state index in [0.29, 0.717) is 62.4 Å². The van der Waals surface area contributed by atoms with Crippen LogP contribution in [0.2, 0.25) is 0 Å². The molecule has 2 saturated carbocycles. The molecule has 242 valence electrons. The van der Waals surface area contributed by atoms with E-state index in [1.165, 1.54) is 0 Å². The summed E-state index contributed by atoms with van der Waals surface area (Å²) in [6.45, 7) is 9.53. The lowest BCUT2D eigenvalue weighted by Crippen LogP contribution is -2.59. The maximum absolute atomic E-state index is 13.7. The van der Waals surface area contributed by atoms with Crippen LogP contribution in [-0.4, -0.2) is 34.8 Å². The number of halogens is 6. The molecule has 1 aliphatic heterocycles. The molecule has 4 aliphatic rings. The van der Waals surface area contributed by atoms with Gasteiger partial charge >= 0.3 is 18.4 Å². The van der Waals surface area contributed by atoms with E-state index in [-0.39, 0.29) is 30.1 Å². The number of allylic oxidation sites excluding steroid dienone is 2. The lowest BCUT2D eigenvalue weighted by atomic mass is 9.49. The number of nitrogens with one attached hydrogen (secondary N) is 1. The van der Waals surface area contributed by atoms with E-state index in [4.69, 9.17) is 4.74 Å². The van der Waals surface area contributed by atoms with Gasteiger partial charge in [-0.3, -0.25) is 14.5 Å². The first-order valence-electron chi connectivity index (χ1n) is 15.0. The highest BCUT2D eigenvalue weighted by Crippen LogP contribution is 2.65. The Morgan fingerprint density at radius 2 is 1.64 bits per heavy atom. The van der Waals surface area contributed by atoms with Crippen LogP contribution >= 0.6 is 0 Å². The number of fused-ring (bicyclic) bond motifs is 5. The number of likely N-dealkylation sites (tertiary alicyclic amines) is 1. The zero-order valence-corrected chi connectivity index (χ0v) is 25.4. The van der Waals surface area contributed by atoms with Gasteiger partial charge in [0.25, 0.3) is 0 Å². The summed E-state index contributed by atoms with van der Waals surface area (Å²) < 4.78 is 87.0. The summed E-state index contributed by atoms with van der Waals surface area (Å²) in [5.41, 5.74) is -4.83. The maximum atomic E-state index is 13.7. The number of alkyl halides is 6. The van der Waals surface area contributed by atoms with Crippen LogP contribution < -0.4 is 5.32 Å². The normalized spacial score (nSPS) is 32.3. The van der Waals surface area contributed by atoms with Gasteiger partial charge < -0.3 is 10.1 Å². The number of carbonyl (C=O) groups excluding carboxylic acids is 3. The number of carbonyl (C=O) groups is 3. The van der Waals surface area contributed by atoms with Crippen LogP contribution in [0.5, 0.6) is 0 Å². The summed E-state index contributed by atoms with van der Waals surface area (Å²) >= 11 is 0. The molecule has 0 radical (unpaired) electrons. The molecule has 3 aliphatic carbocycles. The number of amides is 2. The second-order valence-electron chi connectivity index (χ2n) is 14.3. The minimum atomic E-state index is -4.97. The third-order valence-electron chi connectivity index (χ3n) is 10.6. The quantitative estimate of drug-likeness (QED) is 0.335. The van der Waals surface area contributed by atoms with E-state index < -0.39 is 63.5 Å². The molecule has 6 atom stereocenters. The zero-order chi connectivity index (χ0) is 32.6. The predicted molar refractivity (Wildman–Crippen MR) is 149 cm³/mol. The highest BCUT2D eigenvalue weighted by atomic mass is 19.4. The minimum absolute atomic E-state index is 0.0597. The van der Waals surface area contributed by atoms with Crippen LogP contribution in [0, 0.1) is 34.5 Å². The fourth-order valence-electron chi connectivity index (χ4n) is 8.52. The molecule has 1 aromatic rings. The highest BCUT2D eigenvalue weighted by Gasteiger charge is 2.62. The van der Waals surface area contributed by atoms with Crippen LogP contribution in [0.3, 0.4) is 0 Å². The van der Waals surface area contributed by atoms with Crippen molar-refractivity contribution in [3.05, 3.63) is 41.1 Å². The van der Waals surface area contributed by atoms with Crippen molar-refractivity contribution < 1.29 is 45.5 Å². The molecule has 12 heteroatoms. The number of piperidine rings is 1. The summed E-state index contributed by atoms with van der Waals surface area (Å²) in [5, 5.41) is 2.22. The van der Waals surface area contributed by atoms with Crippen molar-refractivity contribution in [2.24, 2.45) is 34.5 Å². The van der Waals surface area contributed by atoms with E-state index in [1.807, 2.05) is 6.92 Å². The summed E-state index contributed by atoms with van der Waals surface area (Å²) in [6, 6.07) is 1.04. The van der Waals surface area contributed by atoms with Gasteiger partial charge in [0.05, 0.1) is 16.8 Å². The van der Waals surface area contributed by atoms with Crippen molar-refractivity contribution in [2.45, 2.75) is 91.1 Å². The van der Waals surface area contributed by atoms with Crippen LogP contribution in [0.4, 0.5) is 36.8 Å². The monoisotopic (exact) mass is 628 g/mol. The van der Waals surface area contributed by atoms with Gasteiger partial charge in [-0.2, -0.15) is 26.3 Å². The number of ketones is 1. The molecule has 3 fully saturated rings. The Labute approximate surface area is 252 Å². The Balaban J connectivity index is 1.45. The van der Waals surface area contributed by atoms with Gasteiger partial charge in [-0.1, -0.05) is 13.8 Å². The van der Waals surface area contributed by atoms with E-state index in [9.17, 15) is 40.7 Å². The summed E-state index contributed by atoms with van der Waals surface area (Å²) in [6.07, 6.45) is -5.80. The lowest BCUT2D eigenvalue weighted by molar-refractivity contribution is -0.141. The van der Waals surface area contributed by atoms with Crippen molar-refractivity contribution >= 4 is 23.5 Å². The summed E-state index contributed by atoms with van der Waals surface area (Å²) in [5.74, 6) is -1.60. The fourth-order valence-corrected chi connectivity index (χ4v) is 8.52. The summed E-state index contributed by atoms with van der Waals surface area (Å²) in [4.78, 5) is 41.2. The number of nitrogens with zero attached hydrogens (tertiary/aromatic N) is 1. The number of ether oxygens (including phenoxy) is 1. The van der Waals surface area contributed by atoms with E-state index in [1.54, 1.807) is 31.7 Å². The first-order valence-corrected chi connectivity index (χ1v) is 15.0. The fraction of sp³-hybridized carbons (Fsp3) is 0.656. The second-order valence-corrected chi connectivity index (χ2v) is 14.3. The molecule has 44 heavy (non-hydrogen) atoms. The summed E-state index contributed by atoms with van der Waals surface area (Å²) in [7, 11) is 0. The molecule has 3 unspecified atom stereocenters. The number of rotatable bonds is 2. The molecular formula is C32H38F6N2O4. The molecule has 2 amide bonds. The molecular weight excluding hydrogens is 590 g/mol. The molecule has 0 bridgehead atoms. The van der Waals surface area contributed by atoms with Gasteiger partial charge in [-0.05, 0) is 94.2 Å². The average molecular weight is 629 g/mol. The van der Waals surface area contributed by atoms with E-state index >= 15 is 0 Å². The van der Waals surface area contributed by atoms with Crippen LogP contribution in [-0.2, 0) is 26.7 Å². The third-order valence-corrected chi connectivity index (χ3v) is 10.6. The van der Waals surface area contributed by atoms with Crippen LogP contribution in [0.25, 0.3) is 0 Å². The van der Waals surface area contributed by atoms with Gasteiger partial charge in [0, 0.05) is 36.1 Å². The van der Waals surface area contributed by atoms with E-state index in [0.717, 1.165) is 0 Å². The number of hydrogen-bond donors (Lipinski definition) is 1. The van der Waals surface area contributed by atoms with Crippen molar-refractivity contribution in [3.63, 3.8) is 0 Å². The molecule has 1 heterocycles. The van der Waals surface area contributed by atoms with Crippen molar-refractivity contribution in [3.8, 4) is 0 Å². The van der Waals surface area contributed by atoms with Gasteiger partial charge in [-0.25, -0.2) is 4.79 Å².